The number of sulfone groups is 1. The number of hydrogen-bond donors (Lipinski definition) is 2. The molecule has 6 nitrogen and oxygen atoms in total. The number of nitrogens with one attached hydrogen (secondary N) is 2. The van der Waals surface area contributed by atoms with Gasteiger partial charge in [0.15, 0.2) is 15.8 Å². The fourth-order valence-electron chi connectivity index (χ4n) is 2.63. The summed E-state index contributed by atoms with van der Waals surface area (Å²) in [5, 5.41) is 6.44. The molecule has 1 saturated heterocycles. The number of nitrogens with zero attached hydrogens (tertiary/aromatic N) is 2. The highest BCUT2D eigenvalue weighted by Crippen LogP contribution is 2.11. The molecule has 7 heteroatoms. The molecule has 0 saturated carbocycles. The number of rotatable bonds is 6. The fraction of sp³-hybridized carbons (Fsp3) is 0.562. The lowest BCUT2D eigenvalue weighted by Crippen LogP contribution is -2.44. The van der Waals surface area contributed by atoms with E-state index in [0.717, 1.165) is 19.5 Å². The van der Waals surface area contributed by atoms with E-state index in [4.69, 9.17) is 0 Å². The predicted octanol–water partition coefficient (Wildman–Crippen LogP) is 0.865. The lowest BCUT2D eigenvalue weighted by molar-refractivity contribution is 0.599. The molecular formula is C16H26N4O2S. The van der Waals surface area contributed by atoms with Gasteiger partial charge in [0.1, 0.15) is 0 Å². The van der Waals surface area contributed by atoms with Gasteiger partial charge in [-0.05, 0) is 25.0 Å². The highest BCUT2D eigenvalue weighted by atomic mass is 32.2. The van der Waals surface area contributed by atoms with Crippen LogP contribution in [0.2, 0.25) is 0 Å². The Morgan fingerprint density at radius 3 is 2.70 bits per heavy atom. The maximum Gasteiger partial charge on any atom is 0.191 e. The summed E-state index contributed by atoms with van der Waals surface area (Å²) in [5.41, 5.74) is 1.20. The first-order valence-corrected chi connectivity index (χ1v) is 9.76. The van der Waals surface area contributed by atoms with Gasteiger partial charge in [0, 0.05) is 38.9 Å². The Hall–Kier alpha value is -1.76. The third-order valence-electron chi connectivity index (χ3n) is 3.96. The fourth-order valence-corrected chi connectivity index (χ4v) is 4.30. The van der Waals surface area contributed by atoms with Crippen LogP contribution in [0.3, 0.4) is 0 Å². The quantitative estimate of drug-likeness (QED) is 0.457. The summed E-state index contributed by atoms with van der Waals surface area (Å²) in [5.74, 6) is 1.14. The molecule has 0 spiro atoms. The number of benzene rings is 1. The minimum atomic E-state index is -2.87. The van der Waals surface area contributed by atoms with Gasteiger partial charge in [0.2, 0.25) is 0 Å². The summed E-state index contributed by atoms with van der Waals surface area (Å²) in [6.07, 6.45) is 1.62. The van der Waals surface area contributed by atoms with E-state index >= 15 is 0 Å². The Morgan fingerprint density at radius 1 is 1.35 bits per heavy atom. The van der Waals surface area contributed by atoms with Gasteiger partial charge in [-0.25, -0.2) is 8.42 Å². The zero-order valence-electron chi connectivity index (χ0n) is 13.8. The summed E-state index contributed by atoms with van der Waals surface area (Å²) in [7, 11) is 0.910. The van der Waals surface area contributed by atoms with E-state index in [-0.39, 0.29) is 17.5 Å². The van der Waals surface area contributed by atoms with Crippen LogP contribution in [0.5, 0.6) is 0 Å². The highest BCUT2D eigenvalue weighted by molar-refractivity contribution is 7.91. The summed E-state index contributed by atoms with van der Waals surface area (Å²) in [6, 6.07) is 10.2. The molecule has 128 valence electrons. The Kier molecular flexibility index (Phi) is 6.27. The lowest BCUT2D eigenvalue weighted by Gasteiger charge is -2.20. The molecule has 0 bridgehead atoms. The number of aliphatic imine (C=N–C) groups is 1. The number of anilines is 1. The SMILES string of the molecule is CN=C(NCCCN(C)c1ccccc1)NC1CCS(=O)(=O)C1. The van der Waals surface area contributed by atoms with Gasteiger partial charge in [-0.1, -0.05) is 18.2 Å². The van der Waals surface area contributed by atoms with Crippen molar-refractivity contribution in [1.29, 1.82) is 0 Å². The maximum absolute atomic E-state index is 11.5. The van der Waals surface area contributed by atoms with E-state index in [9.17, 15) is 8.42 Å². The monoisotopic (exact) mass is 338 g/mol. The number of guanidine groups is 1. The van der Waals surface area contributed by atoms with Crippen LogP contribution in [0.1, 0.15) is 12.8 Å². The molecule has 1 aromatic carbocycles. The van der Waals surface area contributed by atoms with E-state index in [2.05, 4.69) is 39.7 Å². The molecule has 1 aliphatic rings. The first-order valence-electron chi connectivity index (χ1n) is 7.94. The van der Waals surface area contributed by atoms with Gasteiger partial charge in [-0.2, -0.15) is 0 Å². The summed E-state index contributed by atoms with van der Waals surface area (Å²) >= 11 is 0. The van der Waals surface area contributed by atoms with Crippen LogP contribution in [0.15, 0.2) is 35.3 Å². The second-order valence-electron chi connectivity index (χ2n) is 5.85. The number of hydrogen-bond acceptors (Lipinski definition) is 4. The van der Waals surface area contributed by atoms with Crippen LogP contribution >= 0.6 is 0 Å². The normalized spacial score (nSPS) is 20.3. The van der Waals surface area contributed by atoms with E-state index in [1.807, 2.05) is 18.2 Å². The zero-order valence-corrected chi connectivity index (χ0v) is 14.6. The zero-order chi connectivity index (χ0) is 16.7. The van der Waals surface area contributed by atoms with Gasteiger partial charge in [0.05, 0.1) is 11.5 Å². The molecule has 1 atom stereocenters. The highest BCUT2D eigenvalue weighted by Gasteiger charge is 2.28. The van der Waals surface area contributed by atoms with Crippen molar-refractivity contribution in [3.63, 3.8) is 0 Å². The molecule has 1 fully saturated rings. The van der Waals surface area contributed by atoms with Crippen LogP contribution in [-0.2, 0) is 9.84 Å². The van der Waals surface area contributed by atoms with E-state index in [1.54, 1.807) is 7.05 Å². The molecule has 0 radical (unpaired) electrons. The molecule has 1 aromatic rings. The third-order valence-corrected chi connectivity index (χ3v) is 5.72. The van der Waals surface area contributed by atoms with Crippen LogP contribution < -0.4 is 15.5 Å². The van der Waals surface area contributed by atoms with Gasteiger partial charge in [-0.15, -0.1) is 0 Å². The molecule has 0 aromatic heterocycles. The van der Waals surface area contributed by atoms with Gasteiger partial charge >= 0.3 is 0 Å². The van der Waals surface area contributed by atoms with Crippen molar-refractivity contribution >= 4 is 21.5 Å². The van der Waals surface area contributed by atoms with Crippen LogP contribution in [-0.4, -0.2) is 59.1 Å². The lowest BCUT2D eigenvalue weighted by atomic mass is 10.2. The van der Waals surface area contributed by atoms with Crippen molar-refractivity contribution < 1.29 is 8.42 Å². The number of para-hydroxylation sites is 1. The molecule has 2 N–H and O–H groups in total. The molecule has 1 aliphatic heterocycles. The van der Waals surface area contributed by atoms with Crippen molar-refractivity contribution in [2.45, 2.75) is 18.9 Å². The van der Waals surface area contributed by atoms with Crippen molar-refractivity contribution in [3.05, 3.63) is 30.3 Å². The first kappa shape index (κ1) is 17.6. The summed E-state index contributed by atoms with van der Waals surface area (Å²) in [6.45, 7) is 1.72. The van der Waals surface area contributed by atoms with E-state index in [0.29, 0.717) is 12.4 Å². The van der Waals surface area contributed by atoms with E-state index < -0.39 is 9.84 Å². The summed E-state index contributed by atoms with van der Waals surface area (Å²) < 4.78 is 23.0. The smallest absolute Gasteiger partial charge is 0.191 e. The molecule has 1 heterocycles. The Labute approximate surface area is 138 Å². The second kappa shape index (κ2) is 8.19. The molecule has 0 aliphatic carbocycles. The maximum atomic E-state index is 11.5. The Bertz CT molecular complexity index is 616. The average Bonchev–Trinajstić information content (AvgIpc) is 2.89. The molecule has 0 amide bonds. The van der Waals surface area contributed by atoms with Gasteiger partial charge in [-0.3, -0.25) is 4.99 Å². The van der Waals surface area contributed by atoms with Gasteiger partial charge < -0.3 is 15.5 Å². The molecular weight excluding hydrogens is 312 g/mol. The average molecular weight is 338 g/mol. The molecule has 2 rings (SSSR count). The minimum Gasteiger partial charge on any atom is -0.375 e. The Balaban J connectivity index is 1.68. The largest absolute Gasteiger partial charge is 0.375 e. The third kappa shape index (κ3) is 5.74. The van der Waals surface area contributed by atoms with Crippen molar-refractivity contribution in [2.75, 3.05) is 43.6 Å². The van der Waals surface area contributed by atoms with Crippen LogP contribution in [0, 0.1) is 0 Å². The second-order valence-corrected chi connectivity index (χ2v) is 8.08. The standard InChI is InChI=1S/C16H26N4O2S/c1-17-16(19-14-9-12-23(21,22)13-14)18-10-6-11-20(2)15-7-4-3-5-8-15/h3-5,7-8,14H,6,9-13H2,1-2H3,(H2,17,18,19). The summed E-state index contributed by atoms with van der Waals surface area (Å²) in [4.78, 5) is 6.37. The van der Waals surface area contributed by atoms with Crippen molar-refractivity contribution in [3.8, 4) is 0 Å². The Morgan fingerprint density at radius 2 is 2.09 bits per heavy atom. The van der Waals surface area contributed by atoms with E-state index in [1.165, 1.54) is 5.69 Å². The van der Waals surface area contributed by atoms with Crippen LogP contribution in [0.25, 0.3) is 0 Å². The minimum absolute atomic E-state index is 0.0295. The molecule has 23 heavy (non-hydrogen) atoms. The van der Waals surface area contributed by atoms with Crippen LogP contribution in [0.4, 0.5) is 5.69 Å². The molecule has 1 unspecified atom stereocenters. The van der Waals surface area contributed by atoms with Gasteiger partial charge in [0.25, 0.3) is 0 Å². The van der Waals surface area contributed by atoms with Crippen molar-refractivity contribution in [2.24, 2.45) is 4.99 Å². The topological polar surface area (TPSA) is 73.8 Å². The predicted molar refractivity (Wildman–Crippen MR) is 95.9 cm³/mol. The first-order chi connectivity index (χ1) is 11.0. The van der Waals surface area contributed by atoms with Crippen molar-refractivity contribution in [1.82, 2.24) is 10.6 Å².